The standard InChI is InChI=1S/C8H9N3O3.C5H2OS/c1-5(12)10-7-4-2-3-6(9)8(7)11(13)14;6-5-3-1-4(5)7-2-3/h2-4H,9H2,1H3,(H,10,12);1-2H. The predicted octanol–water partition coefficient (Wildman–Crippen LogP) is 2.43. The Hall–Kier alpha value is -2.74. The molecule has 2 heterocycles. The number of para-hydroxylation sites is 1. The minimum atomic E-state index is -0.624. The van der Waals surface area contributed by atoms with E-state index in [1.807, 2.05) is 11.4 Å². The fraction of sp³-hybridized carbons (Fsp3) is 0.0769. The molecule has 0 spiro atoms. The number of rotatable bonds is 2. The van der Waals surface area contributed by atoms with Crippen LogP contribution >= 0.6 is 11.3 Å². The SMILES string of the molecule is CC(=O)Nc1cccc(N)c1[N+](=O)[O-].O=C1c2csc1c2. The maximum atomic E-state index is 10.7. The summed E-state index contributed by atoms with van der Waals surface area (Å²) in [6.45, 7) is 1.27. The van der Waals surface area contributed by atoms with Crippen molar-refractivity contribution in [3.8, 4) is 0 Å². The van der Waals surface area contributed by atoms with Crippen molar-refractivity contribution in [3.63, 3.8) is 0 Å². The largest absolute Gasteiger partial charge is 0.393 e. The van der Waals surface area contributed by atoms with Gasteiger partial charge in [0.2, 0.25) is 11.7 Å². The summed E-state index contributed by atoms with van der Waals surface area (Å²) in [5.74, 6) is -0.135. The maximum absolute atomic E-state index is 10.7. The van der Waals surface area contributed by atoms with Gasteiger partial charge in [-0.3, -0.25) is 19.7 Å². The molecule has 1 aliphatic carbocycles. The number of fused-ring (bicyclic) bond motifs is 1. The number of nitrogens with one attached hydrogen (secondary N) is 1. The number of nitrogen functional groups attached to an aromatic ring is 1. The molecule has 0 fully saturated rings. The van der Waals surface area contributed by atoms with Crippen LogP contribution in [0.25, 0.3) is 0 Å². The molecule has 7 nitrogen and oxygen atoms in total. The molecule has 3 N–H and O–H groups in total. The van der Waals surface area contributed by atoms with E-state index in [9.17, 15) is 19.7 Å². The molecule has 1 aliphatic heterocycles. The Morgan fingerprint density at radius 1 is 1.43 bits per heavy atom. The second-order valence-corrected chi connectivity index (χ2v) is 5.12. The van der Waals surface area contributed by atoms with Gasteiger partial charge in [0.1, 0.15) is 11.4 Å². The third-order valence-electron chi connectivity index (χ3n) is 2.65. The summed E-state index contributed by atoms with van der Waals surface area (Å²) in [6, 6.07) is 6.28. The van der Waals surface area contributed by atoms with Gasteiger partial charge in [-0.1, -0.05) is 6.07 Å². The highest BCUT2D eigenvalue weighted by Gasteiger charge is 2.22. The summed E-state index contributed by atoms with van der Waals surface area (Å²) in [6.07, 6.45) is 0. The van der Waals surface area contributed by atoms with Crippen molar-refractivity contribution in [2.45, 2.75) is 6.92 Å². The van der Waals surface area contributed by atoms with Crippen LogP contribution in [-0.2, 0) is 4.79 Å². The van der Waals surface area contributed by atoms with E-state index in [-0.39, 0.29) is 28.8 Å². The van der Waals surface area contributed by atoms with E-state index in [2.05, 4.69) is 5.32 Å². The topological polar surface area (TPSA) is 115 Å². The molecule has 8 heteroatoms. The summed E-state index contributed by atoms with van der Waals surface area (Å²) in [7, 11) is 0. The zero-order valence-electron chi connectivity index (χ0n) is 11.0. The van der Waals surface area contributed by atoms with E-state index in [0.29, 0.717) is 0 Å². The molecule has 1 amide bonds. The molecule has 21 heavy (non-hydrogen) atoms. The number of nitro benzene ring substituents is 1. The highest BCUT2D eigenvalue weighted by Crippen LogP contribution is 2.30. The van der Waals surface area contributed by atoms with Gasteiger partial charge >= 0.3 is 5.69 Å². The van der Waals surface area contributed by atoms with Gasteiger partial charge in [-0.15, -0.1) is 11.3 Å². The zero-order valence-corrected chi connectivity index (χ0v) is 11.8. The normalized spacial score (nSPS) is 11.0. The minimum Gasteiger partial charge on any atom is -0.393 e. The number of carbonyl (C=O) groups is 2. The molecule has 0 radical (unpaired) electrons. The Bertz CT molecular complexity index is 711. The molecule has 1 aromatic heterocycles. The van der Waals surface area contributed by atoms with Crippen molar-refractivity contribution in [1.29, 1.82) is 0 Å². The smallest absolute Gasteiger partial charge is 0.315 e. The Morgan fingerprint density at radius 2 is 2.14 bits per heavy atom. The lowest BCUT2D eigenvalue weighted by atomic mass is 10.1. The first-order valence-electron chi connectivity index (χ1n) is 5.84. The fourth-order valence-corrected chi connectivity index (χ4v) is 2.54. The number of hydrogen-bond acceptors (Lipinski definition) is 6. The molecule has 2 aromatic rings. The van der Waals surface area contributed by atoms with Crippen molar-refractivity contribution >= 4 is 40.1 Å². The van der Waals surface area contributed by atoms with Crippen molar-refractivity contribution in [3.05, 3.63) is 50.2 Å². The number of nitro groups is 1. The molecule has 108 valence electrons. The highest BCUT2D eigenvalue weighted by atomic mass is 32.1. The Labute approximate surface area is 123 Å². The van der Waals surface area contributed by atoms with Gasteiger partial charge in [-0.25, -0.2) is 0 Å². The average molecular weight is 305 g/mol. The molecule has 4 rings (SSSR count). The molecular weight excluding hydrogens is 294 g/mol. The van der Waals surface area contributed by atoms with Crippen molar-refractivity contribution in [2.75, 3.05) is 11.1 Å². The van der Waals surface area contributed by atoms with E-state index in [1.54, 1.807) is 0 Å². The molecular formula is C13H11N3O4S. The first-order valence-corrected chi connectivity index (χ1v) is 6.72. The van der Waals surface area contributed by atoms with Crippen LogP contribution in [0.4, 0.5) is 17.1 Å². The maximum Gasteiger partial charge on any atom is 0.315 e. The van der Waals surface area contributed by atoms with Crippen LogP contribution in [0.3, 0.4) is 0 Å². The summed E-state index contributed by atoms with van der Waals surface area (Å²) < 4.78 is 0. The van der Waals surface area contributed by atoms with Crippen LogP contribution in [0.2, 0.25) is 0 Å². The van der Waals surface area contributed by atoms with E-state index in [0.717, 1.165) is 10.4 Å². The Kier molecular flexibility index (Phi) is 3.99. The van der Waals surface area contributed by atoms with E-state index in [4.69, 9.17) is 5.73 Å². The quantitative estimate of drug-likeness (QED) is 0.428. The van der Waals surface area contributed by atoms with Crippen molar-refractivity contribution < 1.29 is 14.5 Å². The summed E-state index contributed by atoms with van der Waals surface area (Å²) in [4.78, 5) is 32.1. The Morgan fingerprint density at radius 3 is 2.52 bits per heavy atom. The number of thiophene rings is 1. The van der Waals surface area contributed by atoms with Gasteiger partial charge in [0, 0.05) is 17.9 Å². The Balaban J connectivity index is 0.000000189. The lowest BCUT2D eigenvalue weighted by Gasteiger charge is -2.04. The minimum absolute atomic E-state index is 0.0289. The van der Waals surface area contributed by atoms with Gasteiger partial charge < -0.3 is 11.1 Å². The first kappa shape index (κ1) is 14.7. The molecule has 2 aliphatic rings. The molecule has 0 saturated heterocycles. The van der Waals surface area contributed by atoms with Crippen LogP contribution in [0.1, 0.15) is 22.2 Å². The fourth-order valence-electron chi connectivity index (χ4n) is 1.69. The van der Waals surface area contributed by atoms with Crippen LogP contribution < -0.4 is 11.1 Å². The predicted molar refractivity (Wildman–Crippen MR) is 79.6 cm³/mol. The van der Waals surface area contributed by atoms with Crippen LogP contribution in [0.15, 0.2) is 29.6 Å². The number of benzene rings is 1. The van der Waals surface area contributed by atoms with Crippen molar-refractivity contribution in [2.24, 2.45) is 0 Å². The third kappa shape index (κ3) is 3.06. The summed E-state index contributed by atoms with van der Waals surface area (Å²) in [5, 5.41) is 14.8. The highest BCUT2D eigenvalue weighted by molar-refractivity contribution is 7.14. The number of nitrogens with zero attached hydrogens (tertiary/aromatic N) is 1. The number of nitrogens with two attached hydrogens (primary N) is 1. The second kappa shape index (κ2) is 5.71. The number of amides is 1. The number of carbonyl (C=O) groups excluding carboxylic acids is 2. The van der Waals surface area contributed by atoms with Crippen LogP contribution in [-0.4, -0.2) is 16.6 Å². The number of anilines is 2. The van der Waals surface area contributed by atoms with Gasteiger partial charge in [-0.05, 0) is 18.2 Å². The van der Waals surface area contributed by atoms with Crippen LogP contribution in [0, 0.1) is 10.1 Å². The molecule has 1 aromatic carbocycles. The lowest BCUT2D eigenvalue weighted by molar-refractivity contribution is -0.383. The number of hydrogen-bond donors (Lipinski definition) is 2. The summed E-state index contributed by atoms with van der Waals surface area (Å²) >= 11 is 1.53. The molecule has 0 unspecified atom stereocenters. The second-order valence-electron chi connectivity index (χ2n) is 4.21. The molecule has 0 saturated carbocycles. The zero-order chi connectivity index (χ0) is 15.6. The monoisotopic (exact) mass is 305 g/mol. The average Bonchev–Trinajstić information content (AvgIpc) is 3.00. The van der Waals surface area contributed by atoms with Gasteiger partial charge in [0.05, 0.1) is 9.80 Å². The van der Waals surface area contributed by atoms with E-state index >= 15 is 0 Å². The van der Waals surface area contributed by atoms with E-state index < -0.39 is 4.92 Å². The van der Waals surface area contributed by atoms with Crippen molar-refractivity contribution in [1.82, 2.24) is 0 Å². The van der Waals surface area contributed by atoms with Gasteiger partial charge in [0.25, 0.3) is 0 Å². The summed E-state index contributed by atoms with van der Waals surface area (Å²) in [5.41, 5.74) is 6.16. The lowest BCUT2D eigenvalue weighted by Crippen LogP contribution is -2.09. The molecule has 0 atom stereocenters. The van der Waals surface area contributed by atoms with Gasteiger partial charge in [0.15, 0.2) is 0 Å². The third-order valence-corrected chi connectivity index (χ3v) is 3.57. The molecule has 2 bridgehead atoms. The van der Waals surface area contributed by atoms with E-state index in [1.165, 1.54) is 36.5 Å². The number of ketones is 1. The van der Waals surface area contributed by atoms with Gasteiger partial charge in [-0.2, -0.15) is 0 Å². The van der Waals surface area contributed by atoms with Crippen LogP contribution in [0.5, 0.6) is 0 Å². The first-order chi connectivity index (χ1) is 9.90.